The minimum atomic E-state index is -4.01. The highest BCUT2D eigenvalue weighted by molar-refractivity contribution is 7.90. The molecular weight excluding hydrogens is 631 g/mol. The number of nitrogens with zero attached hydrogens (tertiary/aromatic N) is 4. The van der Waals surface area contributed by atoms with Crippen LogP contribution in [0.25, 0.3) is 16.6 Å². The fourth-order valence-corrected chi connectivity index (χ4v) is 6.83. The van der Waals surface area contributed by atoms with Crippen LogP contribution < -0.4 is 16.6 Å². The molecule has 6 aromatic rings. The lowest BCUT2D eigenvalue weighted by Crippen LogP contribution is -2.25. The lowest BCUT2D eigenvalue weighted by molar-refractivity contribution is 0.0950. The first-order valence-corrected chi connectivity index (χ1v) is 16.8. The van der Waals surface area contributed by atoms with Gasteiger partial charge in [-0.2, -0.15) is 0 Å². The number of fused-ring (bicyclic) bond motifs is 2. The van der Waals surface area contributed by atoms with Crippen LogP contribution in [-0.2, 0) is 28.7 Å². The predicted molar refractivity (Wildman–Crippen MR) is 180 cm³/mol. The second-order valence-electron chi connectivity index (χ2n) is 11.2. The minimum absolute atomic E-state index is 0.0696. The summed E-state index contributed by atoms with van der Waals surface area (Å²) in [5.41, 5.74) is 8.61. The Labute approximate surface area is 276 Å². The number of nitrogens with two attached hydrogens (primary N) is 1. The zero-order chi connectivity index (χ0) is 33.8. The third kappa shape index (κ3) is 7.02. The maximum atomic E-state index is 13.9. The fourth-order valence-electron chi connectivity index (χ4n) is 5.34. The van der Waals surface area contributed by atoms with E-state index in [9.17, 15) is 22.4 Å². The first-order valence-electron chi connectivity index (χ1n) is 15.2. The smallest absolute Gasteiger partial charge is 0.261 e. The molecule has 1 amide bonds. The third-order valence-corrected chi connectivity index (χ3v) is 9.57. The molecule has 0 atom stereocenters. The molecule has 3 aromatic carbocycles. The predicted octanol–water partition coefficient (Wildman–Crippen LogP) is 4.14. The molecule has 6 rings (SSSR count). The molecule has 0 spiro atoms. The number of aryl methyl sites for hydroxylation is 1. The summed E-state index contributed by atoms with van der Waals surface area (Å²) >= 11 is 0. The van der Waals surface area contributed by atoms with Gasteiger partial charge >= 0.3 is 0 Å². The van der Waals surface area contributed by atoms with E-state index in [4.69, 9.17) is 5.73 Å². The summed E-state index contributed by atoms with van der Waals surface area (Å²) < 4.78 is 44.6. The topological polar surface area (TPSA) is 141 Å². The van der Waals surface area contributed by atoms with Crippen LogP contribution in [0.5, 0.6) is 0 Å². The van der Waals surface area contributed by atoms with Crippen molar-refractivity contribution in [1.29, 1.82) is 0 Å². The minimum Gasteiger partial charge on any atom is -0.348 e. The van der Waals surface area contributed by atoms with Crippen molar-refractivity contribution in [3.05, 3.63) is 141 Å². The van der Waals surface area contributed by atoms with Crippen LogP contribution in [0.2, 0.25) is 0 Å². The number of amides is 1. The molecule has 3 aromatic heterocycles. The van der Waals surface area contributed by atoms with E-state index in [1.807, 2.05) is 28.9 Å². The van der Waals surface area contributed by atoms with Gasteiger partial charge in [0.15, 0.2) is 9.84 Å². The van der Waals surface area contributed by atoms with Crippen molar-refractivity contribution in [2.45, 2.75) is 37.1 Å². The van der Waals surface area contributed by atoms with E-state index in [1.165, 1.54) is 42.5 Å². The standard InChI is InChI=1S/C36H31FN6O4S/c1-24-41-32-19-27(6-11-31(32)36(45)43(24)16-2-14-38)23-48(46,47)33-12-8-29(21-28(33)7-3-25-4-9-30(37)10-5-25)35(44)40-22-26-13-17-42-18-15-39-34(42)20-26/h4-6,8-13,15,17-21H,2,14,16,22-23,38H2,1H3,(H,40,44). The summed E-state index contributed by atoms with van der Waals surface area (Å²) in [6.07, 6.45) is 5.97. The molecular formula is C36H31FN6O4S. The maximum Gasteiger partial charge on any atom is 0.261 e. The van der Waals surface area contributed by atoms with Crippen molar-refractivity contribution in [2.75, 3.05) is 6.54 Å². The van der Waals surface area contributed by atoms with E-state index < -0.39 is 27.3 Å². The summed E-state index contributed by atoms with van der Waals surface area (Å²) in [6.45, 7) is 2.83. The Morgan fingerprint density at radius 2 is 1.79 bits per heavy atom. The number of imidazole rings is 1. The second kappa shape index (κ2) is 13.6. The number of carbonyl (C=O) groups excluding carboxylic acids is 1. The molecule has 242 valence electrons. The van der Waals surface area contributed by atoms with Gasteiger partial charge < -0.3 is 15.5 Å². The number of halogens is 1. The molecule has 12 heteroatoms. The molecule has 0 bridgehead atoms. The molecule has 0 aliphatic rings. The highest BCUT2D eigenvalue weighted by Gasteiger charge is 2.22. The highest BCUT2D eigenvalue weighted by Crippen LogP contribution is 2.24. The SMILES string of the molecule is Cc1nc2cc(CS(=O)(=O)c3ccc(C(=O)NCc4ccn5ccnc5c4)cc3C#Cc3ccc(F)cc3)ccc2c(=O)n1CCCN. The second-order valence-corrected chi connectivity index (χ2v) is 13.2. The molecule has 48 heavy (non-hydrogen) atoms. The maximum absolute atomic E-state index is 13.9. The van der Waals surface area contributed by atoms with Crippen LogP contribution in [0.1, 0.15) is 44.9 Å². The van der Waals surface area contributed by atoms with Crippen molar-refractivity contribution in [1.82, 2.24) is 24.3 Å². The van der Waals surface area contributed by atoms with Gasteiger partial charge in [0.05, 0.1) is 21.6 Å². The first-order chi connectivity index (χ1) is 23.1. The van der Waals surface area contributed by atoms with Crippen LogP contribution >= 0.6 is 0 Å². The number of aromatic nitrogens is 4. The summed E-state index contributed by atoms with van der Waals surface area (Å²) in [4.78, 5) is 35.0. The number of nitrogens with one attached hydrogen (secondary N) is 1. The molecule has 0 radical (unpaired) electrons. The highest BCUT2D eigenvalue weighted by atomic mass is 32.2. The van der Waals surface area contributed by atoms with E-state index in [1.54, 1.807) is 35.9 Å². The third-order valence-electron chi connectivity index (χ3n) is 7.83. The zero-order valence-electron chi connectivity index (χ0n) is 26.0. The van der Waals surface area contributed by atoms with E-state index in [2.05, 4.69) is 27.1 Å². The summed E-state index contributed by atoms with van der Waals surface area (Å²) in [5.74, 6) is 5.04. The van der Waals surface area contributed by atoms with Crippen LogP contribution in [0, 0.1) is 24.6 Å². The number of benzene rings is 3. The summed E-state index contributed by atoms with van der Waals surface area (Å²) in [6, 6.07) is 18.2. The van der Waals surface area contributed by atoms with Crippen molar-refractivity contribution >= 4 is 32.3 Å². The van der Waals surface area contributed by atoms with E-state index in [0.29, 0.717) is 47.4 Å². The van der Waals surface area contributed by atoms with Crippen molar-refractivity contribution < 1.29 is 17.6 Å². The number of hydrogen-bond donors (Lipinski definition) is 2. The monoisotopic (exact) mass is 662 g/mol. The largest absolute Gasteiger partial charge is 0.348 e. The summed E-state index contributed by atoms with van der Waals surface area (Å²) in [5, 5.41) is 3.24. The van der Waals surface area contributed by atoms with Gasteiger partial charge in [0.1, 0.15) is 17.3 Å². The molecule has 0 saturated heterocycles. The number of sulfone groups is 1. The lowest BCUT2D eigenvalue weighted by Gasteiger charge is -2.12. The number of rotatable bonds is 9. The normalized spacial score (nSPS) is 11.4. The van der Waals surface area contributed by atoms with Gasteiger partial charge in [0.2, 0.25) is 0 Å². The van der Waals surface area contributed by atoms with Gasteiger partial charge in [-0.05, 0) is 97.7 Å². The van der Waals surface area contributed by atoms with Gasteiger partial charge in [-0.3, -0.25) is 14.2 Å². The first kappa shape index (κ1) is 32.3. The number of carbonyl (C=O) groups is 1. The number of pyridine rings is 1. The number of hydrogen-bond acceptors (Lipinski definition) is 7. The van der Waals surface area contributed by atoms with Crippen molar-refractivity contribution in [3.8, 4) is 11.8 Å². The Bertz CT molecular complexity index is 2410. The van der Waals surface area contributed by atoms with E-state index in [0.717, 1.165) is 11.2 Å². The average molecular weight is 663 g/mol. The lowest BCUT2D eigenvalue weighted by atomic mass is 10.1. The van der Waals surface area contributed by atoms with Crippen LogP contribution in [0.3, 0.4) is 0 Å². The van der Waals surface area contributed by atoms with Gasteiger partial charge in [-0.15, -0.1) is 0 Å². The molecule has 0 fully saturated rings. The molecule has 3 N–H and O–H groups in total. The Morgan fingerprint density at radius 1 is 0.979 bits per heavy atom. The van der Waals surface area contributed by atoms with Gasteiger partial charge in [0, 0.05) is 48.4 Å². The Kier molecular flexibility index (Phi) is 9.16. The van der Waals surface area contributed by atoms with Crippen molar-refractivity contribution in [2.24, 2.45) is 5.73 Å². The van der Waals surface area contributed by atoms with Gasteiger partial charge in [-0.1, -0.05) is 17.9 Å². The summed E-state index contributed by atoms with van der Waals surface area (Å²) in [7, 11) is -4.01. The van der Waals surface area contributed by atoms with Gasteiger partial charge in [0.25, 0.3) is 11.5 Å². The quantitative estimate of drug-likeness (QED) is 0.222. The molecule has 0 aliphatic heterocycles. The molecule has 0 aliphatic carbocycles. The van der Waals surface area contributed by atoms with Gasteiger partial charge in [-0.25, -0.2) is 22.8 Å². The van der Waals surface area contributed by atoms with Crippen LogP contribution in [0.15, 0.2) is 101 Å². The Hall–Kier alpha value is -5.64. The Morgan fingerprint density at radius 3 is 2.58 bits per heavy atom. The molecule has 0 saturated carbocycles. The Balaban J connectivity index is 1.31. The molecule has 3 heterocycles. The van der Waals surface area contributed by atoms with Crippen molar-refractivity contribution in [3.63, 3.8) is 0 Å². The van der Waals surface area contributed by atoms with E-state index in [-0.39, 0.29) is 28.1 Å². The van der Waals surface area contributed by atoms with Crippen LogP contribution in [-0.4, -0.2) is 39.8 Å². The fraction of sp³-hybridized carbons (Fsp3) is 0.167. The molecule has 0 unspecified atom stereocenters. The molecule has 10 nitrogen and oxygen atoms in total. The van der Waals surface area contributed by atoms with E-state index >= 15 is 0 Å². The van der Waals surface area contributed by atoms with Crippen LogP contribution in [0.4, 0.5) is 4.39 Å². The average Bonchev–Trinajstić information content (AvgIpc) is 3.54. The zero-order valence-corrected chi connectivity index (χ0v) is 26.8.